The first-order chi connectivity index (χ1) is 9.45. The topological polar surface area (TPSA) is 70.1 Å². The number of aromatic nitrogens is 2. The van der Waals surface area contributed by atoms with Crippen LogP contribution in [0.15, 0.2) is 18.2 Å². The summed E-state index contributed by atoms with van der Waals surface area (Å²) < 4.78 is 20.1. The summed E-state index contributed by atoms with van der Waals surface area (Å²) in [6, 6.07) is 4.17. The number of carbonyl (C=O) groups is 1. The van der Waals surface area contributed by atoms with Gasteiger partial charge in [0.2, 0.25) is 0 Å². The highest BCUT2D eigenvalue weighted by atomic mass is 35.5. The standard InChI is InChI=1S/C13H13ClFN3O2/c1-3-20-13(19)11-12(16)18(7(2)17-11)10-5-4-8(14)6-9(10)15/h4-6H,3,16H2,1-2H3. The van der Waals surface area contributed by atoms with Crippen molar-refractivity contribution in [1.29, 1.82) is 0 Å². The summed E-state index contributed by atoms with van der Waals surface area (Å²) in [4.78, 5) is 15.7. The highest BCUT2D eigenvalue weighted by molar-refractivity contribution is 6.30. The molecule has 0 unspecified atom stereocenters. The van der Waals surface area contributed by atoms with Crippen LogP contribution in [-0.4, -0.2) is 22.1 Å². The van der Waals surface area contributed by atoms with Gasteiger partial charge < -0.3 is 10.5 Å². The number of nitrogens with zero attached hydrogens (tertiary/aromatic N) is 2. The van der Waals surface area contributed by atoms with Crippen LogP contribution in [0.2, 0.25) is 5.02 Å². The fourth-order valence-corrected chi connectivity index (χ4v) is 2.02. The number of ether oxygens (including phenoxy) is 1. The second-order valence-electron chi connectivity index (χ2n) is 4.04. The van der Waals surface area contributed by atoms with Gasteiger partial charge >= 0.3 is 5.97 Å². The summed E-state index contributed by atoms with van der Waals surface area (Å²) in [7, 11) is 0. The molecule has 0 fully saturated rings. The summed E-state index contributed by atoms with van der Waals surface area (Å²) in [5.41, 5.74) is 6.02. The Bertz CT molecular complexity index is 670. The van der Waals surface area contributed by atoms with Gasteiger partial charge in [0, 0.05) is 5.02 Å². The highest BCUT2D eigenvalue weighted by Crippen LogP contribution is 2.25. The van der Waals surface area contributed by atoms with E-state index in [0.717, 1.165) is 0 Å². The Kier molecular flexibility index (Phi) is 3.94. The van der Waals surface area contributed by atoms with Crippen LogP contribution in [0.25, 0.3) is 5.69 Å². The smallest absolute Gasteiger partial charge is 0.360 e. The first kappa shape index (κ1) is 14.3. The van der Waals surface area contributed by atoms with Crippen molar-refractivity contribution < 1.29 is 13.9 Å². The van der Waals surface area contributed by atoms with E-state index >= 15 is 0 Å². The van der Waals surface area contributed by atoms with E-state index in [1.54, 1.807) is 13.8 Å². The predicted octanol–water partition coefficient (Wildman–Crippen LogP) is 2.73. The van der Waals surface area contributed by atoms with E-state index in [9.17, 15) is 9.18 Å². The Labute approximate surface area is 120 Å². The molecule has 0 atom stereocenters. The number of hydrogen-bond acceptors (Lipinski definition) is 4. The molecule has 5 nitrogen and oxygen atoms in total. The van der Waals surface area contributed by atoms with Gasteiger partial charge in [-0.05, 0) is 32.0 Å². The number of nitrogen functional groups attached to an aromatic ring is 1. The van der Waals surface area contributed by atoms with Crippen LogP contribution in [-0.2, 0) is 4.74 Å². The minimum Gasteiger partial charge on any atom is -0.461 e. The quantitative estimate of drug-likeness (QED) is 0.884. The van der Waals surface area contributed by atoms with E-state index in [4.69, 9.17) is 22.1 Å². The van der Waals surface area contributed by atoms with Crippen molar-refractivity contribution in [3.63, 3.8) is 0 Å². The van der Waals surface area contributed by atoms with Crippen molar-refractivity contribution in [1.82, 2.24) is 9.55 Å². The molecule has 7 heteroatoms. The Morgan fingerprint density at radius 3 is 2.85 bits per heavy atom. The molecule has 20 heavy (non-hydrogen) atoms. The zero-order valence-corrected chi connectivity index (χ0v) is 11.7. The largest absolute Gasteiger partial charge is 0.461 e. The normalized spacial score (nSPS) is 10.6. The number of rotatable bonds is 3. The van der Waals surface area contributed by atoms with E-state index in [1.165, 1.54) is 22.8 Å². The molecule has 0 aliphatic rings. The monoisotopic (exact) mass is 297 g/mol. The number of benzene rings is 1. The molecule has 0 saturated carbocycles. The Balaban J connectivity index is 2.55. The molecule has 0 bridgehead atoms. The molecule has 106 valence electrons. The van der Waals surface area contributed by atoms with Gasteiger partial charge in [0.1, 0.15) is 17.5 Å². The molecule has 0 aliphatic heterocycles. The number of halogens is 2. The van der Waals surface area contributed by atoms with Crippen LogP contribution < -0.4 is 5.73 Å². The average Bonchev–Trinajstić information content (AvgIpc) is 2.66. The zero-order chi connectivity index (χ0) is 14.9. The average molecular weight is 298 g/mol. The molecule has 0 radical (unpaired) electrons. The summed E-state index contributed by atoms with van der Waals surface area (Å²) in [5, 5.41) is 0.271. The van der Waals surface area contributed by atoms with Gasteiger partial charge in [-0.3, -0.25) is 4.57 Å². The third-order valence-electron chi connectivity index (χ3n) is 2.70. The van der Waals surface area contributed by atoms with Crippen LogP contribution in [0.1, 0.15) is 23.2 Å². The lowest BCUT2D eigenvalue weighted by Gasteiger charge is -2.09. The van der Waals surface area contributed by atoms with E-state index in [-0.39, 0.29) is 28.8 Å². The SMILES string of the molecule is CCOC(=O)c1nc(C)n(-c2ccc(Cl)cc2F)c1N. The van der Waals surface area contributed by atoms with Gasteiger partial charge in [-0.15, -0.1) is 0 Å². The van der Waals surface area contributed by atoms with Gasteiger partial charge in [0.15, 0.2) is 5.69 Å². The van der Waals surface area contributed by atoms with Crippen LogP contribution in [0.3, 0.4) is 0 Å². The van der Waals surface area contributed by atoms with Crippen LogP contribution in [0.5, 0.6) is 0 Å². The molecular weight excluding hydrogens is 285 g/mol. The highest BCUT2D eigenvalue weighted by Gasteiger charge is 2.22. The molecule has 2 rings (SSSR count). The maximum absolute atomic E-state index is 13.9. The van der Waals surface area contributed by atoms with E-state index < -0.39 is 11.8 Å². The summed E-state index contributed by atoms with van der Waals surface area (Å²) in [6.45, 7) is 3.50. The number of imidazole rings is 1. The van der Waals surface area contributed by atoms with Crippen LogP contribution >= 0.6 is 11.6 Å². The van der Waals surface area contributed by atoms with Gasteiger partial charge in [0.25, 0.3) is 0 Å². The van der Waals surface area contributed by atoms with Crippen molar-refractivity contribution in [3.8, 4) is 5.69 Å². The zero-order valence-electron chi connectivity index (χ0n) is 11.0. The van der Waals surface area contributed by atoms with Gasteiger partial charge in [0.05, 0.1) is 12.3 Å². The third-order valence-corrected chi connectivity index (χ3v) is 2.94. The lowest BCUT2D eigenvalue weighted by atomic mass is 10.3. The molecule has 0 aliphatic carbocycles. The molecule has 2 aromatic rings. The lowest BCUT2D eigenvalue weighted by Crippen LogP contribution is -2.10. The van der Waals surface area contributed by atoms with Gasteiger partial charge in [-0.1, -0.05) is 11.6 Å². The van der Waals surface area contributed by atoms with Gasteiger partial charge in [-0.25, -0.2) is 14.2 Å². The fraction of sp³-hybridized carbons (Fsp3) is 0.231. The number of aryl methyl sites for hydroxylation is 1. The lowest BCUT2D eigenvalue weighted by molar-refractivity contribution is 0.0521. The van der Waals surface area contributed by atoms with Gasteiger partial charge in [-0.2, -0.15) is 0 Å². The molecule has 0 saturated heterocycles. The van der Waals surface area contributed by atoms with E-state index in [1.807, 2.05) is 0 Å². The minimum atomic E-state index is -0.638. The molecule has 0 amide bonds. The second kappa shape index (κ2) is 5.50. The maximum Gasteiger partial charge on any atom is 0.360 e. The molecule has 0 spiro atoms. The van der Waals surface area contributed by atoms with Crippen molar-refractivity contribution >= 4 is 23.4 Å². The summed E-state index contributed by atoms with van der Waals surface area (Å²) >= 11 is 5.71. The molecule has 1 heterocycles. The molecule has 1 aromatic carbocycles. The first-order valence-corrected chi connectivity index (χ1v) is 6.30. The van der Waals surface area contributed by atoms with E-state index in [0.29, 0.717) is 5.82 Å². The number of esters is 1. The minimum absolute atomic E-state index is 0.0290. The molecular formula is C13H13ClFN3O2. The Morgan fingerprint density at radius 2 is 2.25 bits per heavy atom. The Morgan fingerprint density at radius 1 is 1.55 bits per heavy atom. The molecule has 1 aromatic heterocycles. The third kappa shape index (κ3) is 2.46. The number of anilines is 1. The predicted molar refractivity (Wildman–Crippen MR) is 73.6 cm³/mol. The van der Waals surface area contributed by atoms with E-state index in [2.05, 4.69) is 4.98 Å². The number of nitrogens with two attached hydrogens (primary N) is 1. The van der Waals surface area contributed by atoms with Crippen LogP contribution in [0.4, 0.5) is 10.2 Å². The molecule has 2 N–H and O–H groups in total. The van der Waals surface area contributed by atoms with Crippen LogP contribution in [0, 0.1) is 12.7 Å². The second-order valence-corrected chi connectivity index (χ2v) is 4.48. The van der Waals surface area contributed by atoms with Crippen molar-refractivity contribution in [2.45, 2.75) is 13.8 Å². The first-order valence-electron chi connectivity index (χ1n) is 5.93. The summed E-state index contributed by atoms with van der Waals surface area (Å²) in [6.07, 6.45) is 0. The number of hydrogen-bond donors (Lipinski definition) is 1. The Hall–Kier alpha value is -2.08. The fourth-order valence-electron chi connectivity index (χ4n) is 1.87. The summed E-state index contributed by atoms with van der Waals surface area (Å²) in [5.74, 6) is -0.782. The van der Waals surface area contributed by atoms with Crippen molar-refractivity contribution in [2.75, 3.05) is 12.3 Å². The van der Waals surface area contributed by atoms with Crippen molar-refractivity contribution in [2.24, 2.45) is 0 Å². The number of carbonyl (C=O) groups excluding carboxylic acids is 1. The maximum atomic E-state index is 13.9. The van der Waals surface area contributed by atoms with Crippen molar-refractivity contribution in [3.05, 3.63) is 40.6 Å².